The van der Waals surface area contributed by atoms with Crippen LogP contribution in [-0.4, -0.2) is 40.9 Å². The summed E-state index contributed by atoms with van der Waals surface area (Å²) in [6.07, 6.45) is -20.8. The van der Waals surface area contributed by atoms with E-state index in [0.29, 0.717) is 0 Å². The van der Waals surface area contributed by atoms with Crippen molar-refractivity contribution in [3.63, 3.8) is 0 Å². The topological polar surface area (TPSA) is 45.3 Å². The highest BCUT2D eigenvalue weighted by Crippen LogP contribution is 2.35. The van der Waals surface area contributed by atoms with Gasteiger partial charge in [-0.2, -0.15) is 0 Å². The molecule has 2 bridgehead atoms. The maximum absolute atomic E-state index is 13.2. The van der Waals surface area contributed by atoms with Crippen LogP contribution in [0, 0.1) is 0 Å². The molecule has 21 heavy (non-hydrogen) atoms. The van der Waals surface area contributed by atoms with E-state index in [0.717, 1.165) is 0 Å². The van der Waals surface area contributed by atoms with Crippen molar-refractivity contribution < 1.29 is 31.5 Å². The number of nitrogens with zero attached hydrogens (tertiary/aromatic N) is 1. The van der Waals surface area contributed by atoms with E-state index in [9.17, 15) is 4.79 Å². The molecule has 0 spiro atoms. The molecule has 2 aromatic rings. The van der Waals surface area contributed by atoms with Gasteiger partial charge in [-0.15, -0.1) is 0 Å². The van der Waals surface area contributed by atoms with E-state index in [1.54, 1.807) is 0 Å². The molecule has 2 fully saturated rings. The fourth-order valence-corrected chi connectivity index (χ4v) is 2.07. The van der Waals surface area contributed by atoms with Gasteiger partial charge < -0.3 is 14.6 Å². The highest BCUT2D eigenvalue weighted by atomic mass is 16.5. The summed E-state index contributed by atoms with van der Waals surface area (Å²) >= 11 is 0. The predicted octanol–water partition coefficient (Wildman–Crippen LogP) is 2.95. The fraction of sp³-hybridized carbons (Fsp3) is 0.471. The molecule has 2 aliphatic heterocycles. The van der Waals surface area contributed by atoms with Crippen molar-refractivity contribution in [1.29, 1.82) is 0 Å². The van der Waals surface area contributed by atoms with Gasteiger partial charge in [0.25, 0.3) is 0 Å². The molecule has 1 aromatic carbocycles. The normalized spacial score (nSPS) is 60.8. The Morgan fingerprint density at radius 2 is 2.33 bits per heavy atom. The Hall–Kier alpha value is -1.81. The van der Waals surface area contributed by atoms with Gasteiger partial charge >= 0.3 is 5.97 Å². The van der Waals surface area contributed by atoms with E-state index < -0.39 is 73.2 Å². The highest BCUT2D eigenvalue weighted by molar-refractivity contribution is 6.04. The number of carbonyl (C=O) groups excluding carboxylic acids is 1. The van der Waals surface area contributed by atoms with Crippen LogP contribution in [0.1, 0.15) is 57.8 Å². The first-order chi connectivity index (χ1) is 16.4. The number of aromatic nitrogens is 1. The quantitative estimate of drug-likeness (QED) is 0.867. The second-order valence-corrected chi connectivity index (χ2v) is 4.35. The Labute approximate surface area is 146 Å². The Balaban J connectivity index is 2.00. The summed E-state index contributed by atoms with van der Waals surface area (Å²) in [5.74, 6) is -1.70. The summed E-state index contributed by atoms with van der Waals surface area (Å²) in [6, 6.07) is -4.28. The van der Waals surface area contributed by atoms with Gasteiger partial charge in [0.1, 0.15) is 6.08 Å². The van der Waals surface area contributed by atoms with Crippen LogP contribution in [0.2, 0.25) is 0 Å². The maximum atomic E-state index is 13.2. The summed E-state index contributed by atoms with van der Waals surface area (Å²) in [6.45, 7) is -3.80. The molecule has 4 rings (SSSR count). The number of hydrogen-bond acceptors (Lipinski definition) is 3. The first kappa shape index (κ1) is 4.35. The smallest absolute Gasteiger partial charge is 0.340 e. The number of piperidine rings is 1. The Morgan fingerprint density at radius 3 is 3.10 bits per heavy atom. The molecular weight excluding hydrogens is 264 g/mol. The standard InChI is InChI=1S/C17H20N2O2/c1-19-11-6-7-12(19)9-13(8-11)21-17(20)15-10-18-16-5-3-2-4-14(15)16/h2-5,10-13,18H,6-9H2,1H3/t11-,12+,13?/i1D3,3D,6D2,7D2,8D2,9D2,10D,11D,12D,13D. The van der Waals surface area contributed by atoms with Gasteiger partial charge in [0, 0.05) is 59.7 Å². The first-order valence-electron chi connectivity index (χ1n) is 14.0. The molecule has 1 N–H and O–H groups in total. The van der Waals surface area contributed by atoms with E-state index in [1.165, 1.54) is 18.2 Å². The van der Waals surface area contributed by atoms with E-state index >= 15 is 0 Å². The third-order valence-corrected chi connectivity index (χ3v) is 3.06. The number of aromatic amines is 1. The molecule has 3 heterocycles. The van der Waals surface area contributed by atoms with Crippen molar-refractivity contribution in [1.82, 2.24) is 9.88 Å². The van der Waals surface area contributed by atoms with Gasteiger partial charge in [0.2, 0.25) is 0 Å². The number of H-pyrrole nitrogens is 1. The van der Waals surface area contributed by atoms with Crippen molar-refractivity contribution in [2.75, 3.05) is 6.98 Å². The molecule has 1 unspecified atom stereocenters. The summed E-state index contributed by atoms with van der Waals surface area (Å²) in [5.41, 5.74) is -0.545. The van der Waals surface area contributed by atoms with Gasteiger partial charge in [0.05, 0.1) is 9.68 Å². The lowest BCUT2D eigenvalue weighted by Crippen LogP contribution is -2.43. The van der Waals surface area contributed by atoms with Crippen LogP contribution in [-0.2, 0) is 4.74 Å². The van der Waals surface area contributed by atoms with Crippen LogP contribution >= 0.6 is 0 Å². The summed E-state index contributed by atoms with van der Waals surface area (Å²) in [5, 5.41) is -0.0366. The van der Waals surface area contributed by atoms with Crippen LogP contribution in [0.25, 0.3) is 10.9 Å². The minimum absolute atomic E-state index is 0.0105. The van der Waals surface area contributed by atoms with E-state index in [1.807, 2.05) is 0 Å². The van der Waals surface area contributed by atoms with Gasteiger partial charge in [-0.05, 0) is 25.8 Å². The SMILES string of the molecule is [2H]c1ccc2c(C(=O)OC3([2H])C([2H])([2H])[C@]4([2H])N(C([2H])([2H])[2H])[C@]([2H])(C3([2H])[2H])C([2H])([2H])C4([2H])[2H])c([2H])[nH]c2c1. The summed E-state index contributed by atoms with van der Waals surface area (Å²) in [4.78, 5) is 15.1. The number of fused-ring (bicyclic) bond motifs is 3. The lowest BCUT2D eigenvalue weighted by Gasteiger charge is -2.35. The summed E-state index contributed by atoms with van der Waals surface area (Å²) < 4.78 is 137. The van der Waals surface area contributed by atoms with Crippen molar-refractivity contribution >= 4 is 16.9 Å². The fourth-order valence-electron chi connectivity index (χ4n) is 2.07. The average Bonchev–Trinajstić information content (AvgIpc) is 3.09. The van der Waals surface area contributed by atoms with E-state index in [-0.39, 0.29) is 16.9 Å². The van der Waals surface area contributed by atoms with Gasteiger partial charge in [-0.25, -0.2) is 4.79 Å². The molecule has 1 aromatic heterocycles. The van der Waals surface area contributed by atoms with Crippen LogP contribution in [0.3, 0.4) is 0 Å². The minimum Gasteiger partial charge on any atom is -0.459 e. The molecule has 4 nitrogen and oxygen atoms in total. The average molecular weight is 300 g/mol. The number of carbonyl (C=O) groups is 1. The third kappa shape index (κ3) is 2.14. The molecule has 0 aliphatic carbocycles. The van der Waals surface area contributed by atoms with Crippen molar-refractivity contribution in [2.45, 2.75) is 43.6 Å². The number of ether oxygens (including phenoxy) is 1. The number of nitrogens with one attached hydrogen (secondary N) is 1. The largest absolute Gasteiger partial charge is 0.459 e. The van der Waals surface area contributed by atoms with Gasteiger partial charge in [-0.3, -0.25) is 0 Å². The van der Waals surface area contributed by atoms with E-state index in [4.69, 9.17) is 26.7 Å². The van der Waals surface area contributed by atoms with Gasteiger partial charge in [-0.1, -0.05) is 18.2 Å². The zero-order valence-corrected chi connectivity index (χ0v) is 10.5. The second kappa shape index (κ2) is 4.88. The van der Waals surface area contributed by atoms with Crippen LogP contribution < -0.4 is 0 Å². The number of rotatable bonds is 2. The molecule has 2 saturated heterocycles. The molecule has 4 heteroatoms. The van der Waals surface area contributed by atoms with Crippen LogP contribution in [0.4, 0.5) is 0 Å². The Kier molecular flexibility index (Phi) is 1.01. The minimum atomic E-state index is -4.12. The lowest BCUT2D eigenvalue weighted by molar-refractivity contribution is -0.000258. The zero-order chi connectivity index (χ0) is 28.6. The number of esters is 1. The Bertz CT molecular complexity index is 1280. The lowest BCUT2D eigenvalue weighted by atomic mass is 10.0. The molecule has 2 aliphatic rings. The van der Waals surface area contributed by atoms with E-state index in [2.05, 4.69) is 4.98 Å². The molecule has 3 atom stereocenters. The van der Waals surface area contributed by atoms with Gasteiger partial charge in [0.15, 0.2) is 0 Å². The Morgan fingerprint density at radius 1 is 1.52 bits per heavy atom. The molecule has 0 saturated carbocycles. The number of para-hydroxylation sites is 1. The summed E-state index contributed by atoms with van der Waals surface area (Å²) in [7, 11) is 0. The van der Waals surface area contributed by atoms with Crippen molar-refractivity contribution in [3.8, 4) is 0 Å². The third-order valence-electron chi connectivity index (χ3n) is 3.06. The zero-order valence-electron chi connectivity index (χ0n) is 26.5. The van der Waals surface area contributed by atoms with Crippen molar-refractivity contribution in [3.05, 3.63) is 36.0 Å². The number of benzene rings is 1. The first-order valence-corrected chi connectivity index (χ1v) is 6.02. The molecular formula is C17H20N2O2. The van der Waals surface area contributed by atoms with Crippen molar-refractivity contribution in [2.24, 2.45) is 0 Å². The monoisotopic (exact) mass is 300 g/mol. The van der Waals surface area contributed by atoms with Crippen LogP contribution in [0.5, 0.6) is 0 Å². The van der Waals surface area contributed by atoms with Crippen LogP contribution in [0.15, 0.2) is 30.4 Å². The highest BCUT2D eigenvalue weighted by Gasteiger charge is 2.40. The predicted molar refractivity (Wildman–Crippen MR) is 81.3 cm³/mol. The maximum Gasteiger partial charge on any atom is 0.340 e. The molecule has 0 amide bonds. The molecule has 0 radical (unpaired) electrons. The molecule has 110 valence electrons. The second-order valence-electron chi connectivity index (χ2n) is 4.35. The number of hydrogen-bond donors (Lipinski definition) is 1.